The van der Waals surface area contributed by atoms with Crippen molar-refractivity contribution in [2.75, 3.05) is 39.4 Å². The number of nitrogens with one attached hydrogen (secondary N) is 1. The van der Waals surface area contributed by atoms with Gasteiger partial charge in [0, 0.05) is 26.2 Å². The number of rotatable bonds is 9. The Balaban J connectivity index is 2.55. The number of halogens is 8. The van der Waals surface area contributed by atoms with Gasteiger partial charge in [-0.25, -0.2) is 8.78 Å². The van der Waals surface area contributed by atoms with E-state index in [-0.39, 0.29) is 13.1 Å². The Morgan fingerprint density at radius 2 is 1.60 bits per heavy atom. The Labute approximate surface area is 138 Å². The van der Waals surface area contributed by atoms with Crippen molar-refractivity contribution in [3.8, 4) is 0 Å². The minimum absolute atomic E-state index is 0.142. The van der Waals surface area contributed by atoms with Crippen LogP contribution >= 0.6 is 0 Å². The predicted octanol–water partition coefficient (Wildman–Crippen LogP) is 2.39. The van der Waals surface area contributed by atoms with E-state index in [2.05, 4.69) is 0 Å². The number of carbonyl (C=O) groups is 1. The highest BCUT2D eigenvalue weighted by Crippen LogP contribution is 2.44. The standard InChI is InChI=1S/C13H18F8N2O2/c14-9(15)7-12(18,19)13(20,21)8-11(16,17)10(24)22-1-2-23-3-5-25-6-4-23/h9H,1-8H2,(H,22,24). The highest BCUT2D eigenvalue weighted by Gasteiger charge is 2.62. The van der Waals surface area contributed by atoms with Gasteiger partial charge in [0.2, 0.25) is 6.43 Å². The molecule has 1 fully saturated rings. The fourth-order valence-corrected chi connectivity index (χ4v) is 2.11. The first-order valence-electron chi connectivity index (χ1n) is 7.37. The zero-order valence-electron chi connectivity index (χ0n) is 13.0. The van der Waals surface area contributed by atoms with Gasteiger partial charge in [-0.15, -0.1) is 0 Å². The monoisotopic (exact) mass is 386 g/mol. The summed E-state index contributed by atoms with van der Waals surface area (Å²) >= 11 is 0. The molecule has 0 radical (unpaired) electrons. The van der Waals surface area contributed by atoms with Crippen LogP contribution in [0, 0.1) is 0 Å². The Hall–Kier alpha value is -1.17. The van der Waals surface area contributed by atoms with E-state index in [0.29, 0.717) is 26.3 Å². The average molecular weight is 386 g/mol. The molecule has 0 unspecified atom stereocenters. The Kier molecular flexibility index (Phi) is 7.41. The minimum Gasteiger partial charge on any atom is -0.379 e. The van der Waals surface area contributed by atoms with E-state index in [9.17, 15) is 39.9 Å². The molecule has 0 bridgehead atoms. The highest BCUT2D eigenvalue weighted by atomic mass is 19.3. The third-order valence-electron chi connectivity index (χ3n) is 3.54. The molecule has 1 aliphatic heterocycles. The molecular formula is C13H18F8N2O2. The Morgan fingerprint density at radius 3 is 2.12 bits per heavy atom. The molecule has 12 heteroatoms. The summed E-state index contributed by atoms with van der Waals surface area (Å²) in [4.78, 5) is 13.1. The van der Waals surface area contributed by atoms with Crippen molar-refractivity contribution in [3.63, 3.8) is 0 Å². The van der Waals surface area contributed by atoms with Crippen molar-refractivity contribution in [1.82, 2.24) is 10.2 Å². The minimum atomic E-state index is -5.46. The Morgan fingerprint density at radius 1 is 1.04 bits per heavy atom. The van der Waals surface area contributed by atoms with Gasteiger partial charge in [0.05, 0.1) is 26.1 Å². The molecule has 1 rings (SSSR count). The zero-order valence-corrected chi connectivity index (χ0v) is 13.0. The molecule has 0 saturated carbocycles. The second kappa shape index (κ2) is 8.47. The van der Waals surface area contributed by atoms with Crippen LogP contribution in [0.25, 0.3) is 0 Å². The Bertz CT molecular complexity index is 442. The molecule has 0 aromatic heterocycles. The molecule has 0 aliphatic carbocycles. The maximum Gasteiger partial charge on any atom is 0.330 e. The van der Waals surface area contributed by atoms with Crippen LogP contribution in [-0.4, -0.2) is 74.4 Å². The lowest BCUT2D eigenvalue weighted by molar-refractivity contribution is -0.248. The zero-order chi connectivity index (χ0) is 19.3. The van der Waals surface area contributed by atoms with E-state index in [1.807, 2.05) is 0 Å². The molecule has 148 valence electrons. The number of morpholine rings is 1. The lowest BCUT2D eigenvalue weighted by Gasteiger charge is -2.29. The molecule has 0 aromatic carbocycles. The number of amides is 1. The molecule has 1 heterocycles. The topological polar surface area (TPSA) is 41.6 Å². The van der Waals surface area contributed by atoms with Crippen molar-refractivity contribution >= 4 is 5.91 Å². The summed E-state index contributed by atoms with van der Waals surface area (Å²) < 4.78 is 108. The summed E-state index contributed by atoms with van der Waals surface area (Å²) in [5.41, 5.74) is 0. The molecule has 0 aromatic rings. The second-order valence-corrected chi connectivity index (χ2v) is 5.60. The molecule has 4 nitrogen and oxygen atoms in total. The fraction of sp³-hybridized carbons (Fsp3) is 0.923. The van der Waals surface area contributed by atoms with E-state index in [4.69, 9.17) is 4.74 Å². The molecule has 1 N–H and O–H groups in total. The van der Waals surface area contributed by atoms with E-state index in [0.717, 1.165) is 0 Å². The van der Waals surface area contributed by atoms with Crippen LogP contribution in [0.2, 0.25) is 0 Å². The number of carbonyl (C=O) groups excluding carboxylic acids is 1. The predicted molar refractivity (Wildman–Crippen MR) is 70.3 cm³/mol. The lowest BCUT2D eigenvalue weighted by Crippen LogP contribution is -2.51. The lowest BCUT2D eigenvalue weighted by atomic mass is 10.0. The summed E-state index contributed by atoms with van der Waals surface area (Å²) in [5.74, 6) is -17.8. The number of alkyl halides is 8. The first-order chi connectivity index (χ1) is 11.4. The quantitative estimate of drug-likeness (QED) is 0.619. The first-order valence-corrected chi connectivity index (χ1v) is 7.37. The number of hydrogen-bond acceptors (Lipinski definition) is 3. The van der Waals surface area contributed by atoms with Crippen molar-refractivity contribution in [1.29, 1.82) is 0 Å². The molecule has 0 spiro atoms. The first kappa shape index (κ1) is 21.9. The summed E-state index contributed by atoms with van der Waals surface area (Å²) in [7, 11) is 0. The molecule has 1 aliphatic rings. The molecular weight excluding hydrogens is 368 g/mol. The number of ether oxygens (including phenoxy) is 1. The van der Waals surface area contributed by atoms with E-state index < -0.39 is 42.9 Å². The van der Waals surface area contributed by atoms with Crippen molar-refractivity contribution in [2.45, 2.75) is 37.0 Å². The van der Waals surface area contributed by atoms with Crippen LogP contribution in [0.1, 0.15) is 12.8 Å². The average Bonchev–Trinajstić information content (AvgIpc) is 2.45. The molecule has 1 saturated heterocycles. The summed E-state index contributed by atoms with van der Waals surface area (Å²) in [6.07, 6.45) is -9.24. The normalized spacial score (nSPS) is 17.8. The van der Waals surface area contributed by atoms with E-state index in [1.54, 1.807) is 10.2 Å². The van der Waals surface area contributed by atoms with E-state index >= 15 is 0 Å². The molecule has 1 amide bonds. The summed E-state index contributed by atoms with van der Waals surface area (Å²) in [5, 5.41) is 1.69. The van der Waals surface area contributed by atoms with Gasteiger partial charge in [-0.05, 0) is 0 Å². The third-order valence-corrected chi connectivity index (χ3v) is 3.54. The van der Waals surface area contributed by atoms with Gasteiger partial charge in [-0.3, -0.25) is 9.69 Å². The van der Waals surface area contributed by atoms with Gasteiger partial charge in [-0.2, -0.15) is 26.3 Å². The van der Waals surface area contributed by atoms with Gasteiger partial charge in [0.25, 0.3) is 5.91 Å². The molecule has 0 atom stereocenters. The van der Waals surface area contributed by atoms with Crippen molar-refractivity contribution < 1.29 is 44.7 Å². The third kappa shape index (κ3) is 6.57. The smallest absolute Gasteiger partial charge is 0.330 e. The van der Waals surface area contributed by atoms with Crippen LogP contribution < -0.4 is 5.32 Å². The van der Waals surface area contributed by atoms with E-state index in [1.165, 1.54) is 0 Å². The van der Waals surface area contributed by atoms with Gasteiger partial charge in [0.1, 0.15) is 0 Å². The van der Waals surface area contributed by atoms with Crippen molar-refractivity contribution in [2.24, 2.45) is 0 Å². The SMILES string of the molecule is O=C(NCCN1CCOCC1)C(F)(F)CC(F)(F)C(F)(F)CC(F)F. The van der Waals surface area contributed by atoms with Gasteiger partial charge in [0.15, 0.2) is 0 Å². The second-order valence-electron chi connectivity index (χ2n) is 5.60. The number of hydrogen-bond donors (Lipinski definition) is 1. The van der Waals surface area contributed by atoms with Crippen LogP contribution in [0.15, 0.2) is 0 Å². The van der Waals surface area contributed by atoms with Crippen LogP contribution in [-0.2, 0) is 9.53 Å². The largest absolute Gasteiger partial charge is 0.379 e. The maximum absolute atomic E-state index is 13.5. The van der Waals surface area contributed by atoms with Crippen LogP contribution in [0.5, 0.6) is 0 Å². The van der Waals surface area contributed by atoms with Gasteiger partial charge < -0.3 is 10.1 Å². The highest BCUT2D eigenvalue weighted by molar-refractivity contribution is 5.83. The van der Waals surface area contributed by atoms with Crippen LogP contribution in [0.4, 0.5) is 35.1 Å². The van der Waals surface area contributed by atoms with Crippen LogP contribution in [0.3, 0.4) is 0 Å². The summed E-state index contributed by atoms with van der Waals surface area (Å²) in [6, 6.07) is 0. The molecule has 25 heavy (non-hydrogen) atoms. The van der Waals surface area contributed by atoms with Gasteiger partial charge in [-0.1, -0.05) is 0 Å². The van der Waals surface area contributed by atoms with Gasteiger partial charge >= 0.3 is 17.8 Å². The number of nitrogens with zero attached hydrogens (tertiary/aromatic N) is 1. The van der Waals surface area contributed by atoms with Crippen molar-refractivity contribution in [3.05, 3.63) is 0 Å². The maximum atomic E-state index is 13.5. The summed E-state index contributed by atoms with van der Waals surface area (Å²) in [6.45, 7) is 1.63. The fourth-order valence-electron chi connectivity index (χ4n) is 2.11.